The molecule has 0 unspecified atom stereocenters. The van der Waals surface area contributed by atoms with E-state index < -0.39 is 10.8 Å². The van der Waals surface area contributed by atoms with Crippen LogP contribution in [-0.2, 0) is 0 Å². The zero-order valence-corrected chi connectivity index (χ0v) is 16.0. The Morgan fingerprint density at radius 3 is 2.57 bits per heavy atom. The van der Waals surface area contributed by atoms with Gasteiger partial charge in [0.05, 0.1) is 11.1 Å². The molecule has 0 aliphatic carbocycles. The molecule has 0 aromatic heterocycles. The van der Waals surface area contributed by atoms with Crippen LogP contribution in [0.4, 0.5) is 5.69 Å². The Morgan fingerprint density at radius 2 is 1.86 bits per heavy atom. The predicted molar refractivity (Wildman–Crippen MR) is 110 cm³/mol. The number of halogens is 1. The third kappa shape index (κ3) is 5.18. The Balaban J connectivity index is 1.82. The van der Waals surface area contributed by atoms with Crippen LogP contribution in [0.1, 0.15) is 15.9 Å². The highest BCUT2D eigenvalue weighted by Crippen LogP contribution is 2.31. The van der Waals surface area contributed by atoms with Gasteiger partial charge in [-0.1, -0.05) is 47.6 Å². The fourth-order valence-electron chi connectivity index (χ4n) is 2.31. The zero-order chi connectivity index (χ0) is 19.9. The summed E-state index contributed by atoms with van der Waals surface area (Å²) < 4.78 is 0. The van der Waals surface area contributed by atoms with Crippen molar-refractivity contribution in [2.45, 2.75) is 9.79 Å². The number of rotatable bonds is 6. The van der Waals surface area contributed by atoms with Crippen molar-refractivity contribution in [3.8, 4) is 0 Å². The number of hydrogen-bond donors (Lipinski definition) is 1. The largest absolute Gasteiger partial charge is 0.271 e. The molecule has 0 bridgehead atoms. The SMILES string of the molecule is O=C(N/N=C/c1cc([N+](=O)[O-])ccc1Sc1ccccc1)c1cccc(Cl)c1. The first-order valence-corrected chi connectivity index (χ1v) is 9.33. The highest BCUT2D eigenvalue weighted by Gasteiger charge is 2.11. The van der Waals surface area contributed by atoms with Crippen LogP contribution in [0.5, 0.6) is 0 Å². The monoisotopic (exact) mass is 411 g/mol. The fourth-order valence-corrected chi connectivity index (χ4v) is 3.42. The van der Waals surface area contributed by atoms with Crippen LogP contribution >= 0.6 is 23.4 Å². The molecule has 0 spiro atoms. The minimum absolute atomic E-state index is 0.0555. The van der Waals surface area contributed by atoms with Gasteiger partial charge in [-0.3, -0.25) is 14.9 Å². The first-order chi connectivity index (χ1) is 13.5. The first kappa shape index (κ1) is 19.6. The average molecular weight is 412 g/mol. The van der Waals surface area contributed by atoms with Gasteiger partial charge in [0.25, 0.3) is 11.6 Å². The summed E-state index contributed by atoms with van der Waals surface area (Å²) in [4.78, 5) is 24.5. The third-order valence-corrected chi connectivity index (χ3v) is 4.97. The van der Waals surface area contributed by atoms with Crippen LogP contribution in [0.2, 0.25) is 5.02 Å². The standard InChI is InChI=1S/C20H14ClN3O3S/c21-16-6-4-5-14(11-16)20(25)23-22-13-15-12-17(24(26)27)9-10-19(15)28-18-7-2-1-3-8-18/h1-13H,(H,23,25)/b22-13+. The molecule has 28 heavy (non-hydrogen) atoms. The second-order valence-electron chi connectivity index (χ2n) is 5.60. The molecule has 0 saturated carbocycles. The summed E-state index contributed by atoms with van der Waals surface area (Å²) in [5, 5.41) is 15.5. The smallest absolute Gasteiger partial charge is 0.267 e. The van der Waals surface area contributed by atoms with Crippen molar-refractivity contribution in [2.75, 3.05) is 0 Å². The summed E-state index contributed by atoms with van der Waals surface area (Å²) in [7, 11) is 0. The van der Waals surface area contributed by atoms with E-state index in [4.69, 9.17) is 11.6 Å². The van der Waals surface area contributed by atoms with Gasteiger partial charge < -0.3 is 0 Å². The Kier molecular flexibility index (Phi) is 6.41. The maximum Gasteiger partial charge on any atom is 0.271 e. The van der Waals surface area contributed by atoms with Gasteiger partial charge >= 0.3 is 0 Å². The van der Waals surface area contributed by atoms with Gasteiger partial charge in [0.1, 0.15) is 0 Å². The Hall–Kier alpha value is -3.16. The summed E-state index contributed by atoms with van der Waals surface area (Å²) in [6.07, 6.45) is 1.39. The van der Waals surface area contributed by atoms with Crippen LogP contribution < -0.4 is 5.43 Å². The Morgan fingerprint density at radius 1 is 1.07 bits per heavy atom. The van der Waals surface area contributed by atoms with Crippen molar-refractivity contribution >= 4 is 41.2 Å². The summed E-state index contributed by atoms with van der Waals surface area (Å²) in [6.45, 7) is 0. The molecule has 0 saturated heterocycles. The minimum Gasteiger partial charge on any atom is -0.267 e. The third-order valence-electron chi connectivity index (χ3n) is 3.63. The second-order valence-corrected chi connectivity index (χ2v) is 7.16. The normalized spacial score (nSPS) is 10.8. The van der Waals surface area contributed by atoms with E-state index >= 15 is 0 Å². The van der Waals surface area contributed by atoms with Gasteiger partial charge in [-0.25, -0.2) is 5.43 Å². The quantitative estimate of drug-likeness (QED) is 0.344. The van der Waals surface area contributed by atoms with Crippen LogP contribution in [0.25, 0.3) is 0 Å². The molecule has 3 aromatic rings. The van der Waals surface area contributed by atoms with E-state index in [9.17, 15) is 14.9 Å². The van der Waals surface area contributed by atoms with Gasteiger partial charge in [0.15, 0.2) is 0 Å². The molecule has 1 amide bonds. The lowest BCUT2D eigenvalue weighted by Crippen LogP contribution is -2.17. The number of benzene rings is 3. The summed E-state index contributed by atoms with van der Waals surface area (Å²) in [5.41, 5.74) is 3.24. The van der Waals surface area contributed by atoms with Crippen molar-refractivity contribution in [3.05, 3.63) is 99.1 Å². The molecule has 0 radical (unpaired) electrons. The number of non-ortho nitro benzene ring substituents is 1. The van der Waals surface area contributed by atoms with Crippen molar-refractivity contribution < 1.29 is 9.72 Å². The van der Waals surface area contributed by atoms with E-state index in [0.29, 0.717) is 16.1 Å². The maximum atomic E-state index is 12.1. The number of nitro groups is 1. The lowest BCUT2D eigenvalue weighted by atomic mass is 10.2. The van der Waals surface area contributed by atoms with E-state index in [-0.39, 0.29) is 5.69 Å². The van der Waals surface area contributed by atoms with E-state index in [1.807, 2.05) is 30.3 Å². The summed E-state index contributed by atoms with van der Waals surface area (Å²) in [6, 6.07) is 20.6. The molecule has 3 aromatic carbocycles. The fraction of sp³-hybridized carbons (Fsp3) is 0. The van der Waals surface area contributed by atoms with Crippen molar-refractivity contribution in [1.29, 1.82) is 0 Å². The molecule has 8 heteroatoms. The minimum atomic E-state index is -0.473. The number of nitrogens with zero attached hydrogens (tertiary/aromatic N) is 2. The molecule has 1 N–H and O–H groups in total. The van der Waals surface area contributed by atoms with Gasteiger partial charge in [-0.15, -0.1) is 0 Å². The van der Waals surface area contributed by atoms with Crippen LogP contribution in [0.3, 0.4) is 0 Å². The maximum absolute atomic E-state index is 12.1. The van der Waals surface area contributed by atoms with E-state index in [1.54, 1.807) is 24.3 Å². The van der Waals surface area contributed by atoms with Gasteiger partial charge in [0.2, 0.25) is 0 Å². The Labute approximate surface area is 170 Å². The first-order valence-electron chi connectivity index (χ1n) is 8.13. The molecule has 3 rings (SSSR count). The van der Waals surface area contributed by atoms with E-state index in [1.165, 1.54) is 36.2 Å². The predicted octanol–water partition coefficient (Wildman–Crippen LogP) is 5.16. The van der Waals surface area contributed by atoms with Crippen molar-refractivity contribution in [3.63, 3.8) is 0 Å². The molecular weight excluding hydrogens is 398 g/mol. The van der Waals surface area contributed by atoms with Crippen LogP contribution in [0.15, 0.2) is 87.7 Å². The molecule has 0 aliphatic heterocycles. The van der Waals surface area contributed by atoms with Gasteiger partial charge in [0, 0.05) is 38.1 Å². The van der Waals surface area contributed by atoms with E-state index in [0.717, 1.165) is 9.79 Å². The topological polar surface area (TPSA) is 84.6 Å². The Bertz CT molecular complexity index is 1040. The number of carbonyl (C=O) groups is 1. The molecule has 6 nitrogen and oxygen atoms in total. The number of nitrogens with one attached hydrogen (secondary N) is 1. The molecule has 140 valence electrons. The van der Waals surface area contributed by atoms with E-state index in [2.05, 4.69) is 10.5 Å². The average Bonchev–Trinajstić information content (AvgIpc) is 2.69. The number of hydrazone groups is 1. The molecule has 0 aliphatic rings. The number of carbonyl (C=O) groups excluding carboxylic acids is 1. The molecule has 0 fully saturated rings. The second kappa shape index (κ2) is 9.16. The summed E-state index contributed by atoms with van der Waals surface area (Å²) >= 11 is 7.33. The van der Waals surface area contributed by atoms with Gasteiger partial charge in [-0.2, -0.15) is 5.10 Å². The van der Waals surface area contributed by atoms with Crippen molar-refractivity contribution in [2.24, 2.45) is 5.10 Å². The highest BCUT2D eigenvalue weighted by atomic mass is 35.5. The molecule has 0 atom stereocenters. The lowest BCUT2D eigenvalue weighted by molar-refractivity contribution is -0.384. The lowest BCUT2D eigenvalue weighted by Gasteiger charge is -2.06. The number of nitro benzene ring substituents is 1. The number of amides is 1. The summed E-state index contributed by atoms with van der Waals surface area (Å²) in [5.74, 6) is -0.429. The molecular formula is C20H14ClN3O3S. The zero-order valence-electron chi connectivity index (χ0n) is 14.4. The molecule has 0 heterocycles. The highest BCUT2D eigenvalue weighted by molar-refractivity contribution is 7.99. The number of hydrogen-bond acceptors (Lipinski definition) is 5. The van der Waals surface area contributed by atoms with Crippen LogP contribution in [-0.4, -0.2) is 17.0 Å². The van der Waals surface area contributed by atoms with Crippen LogP contribution in [0, 0.1) is 10.1 Å². The van der Waals surface area contributed by atoms with Gasteiger partial charge in [-0.05, 0) is 36.4 Å². The van der Waals surface area contributed by atoms with Crippen molar-refractivity contribution in [1.82, 2.24) is 5.43 Å².